The molecule has 0 aliphatic carbocycles. The molecule has 0 radical (unpaired) electrons. The van der Waals surface area contributed by atoms with Crippen LogP contribution in [0.3, 0.4) is 0 Å². The minimum absolute atomic E-state index is 0.138. The molecule has 3 unspecified atom stereocenters. The molecule has 178 valence electrons. The van der Waals surface area contributed by atoms with E-state index in [2.05, 4.69) is 10.3 Å². The monoisotopic (exact) mass is 486 g/mol. The van der Waals surface area contributed by atoms with Crippen molar-refractivity contribution in [2.45, 2.75) is 37.6 Å². The largest absolute Gasteiger partial charge is 0.480 e. The Hall–Kier alpha value is -2.97. The van der Waals surface area contributed by atoms with Gasteiger partial charge in [0.25, 0.3) is 0 Å². The van der Waals surface area contributed by atoms with E-state index < -0.39 is 35.3 Å². The van der Waals surface area contributed by atoms with Gasteiger partial charge in [0, 0.05) is 43.3 Å². The van der Waals surface area contributed by atoms with E-state index in [1.807, 2.05) is 30.3 Å². The Morgan fingerprint density at radius 1 is 1.38 bits per heavy atom. The molecule has 2 aliphatic rings. The van der Waals surface area contributed by atoms with Gasteiger partial charge in [-0.15, -0.1) is 0 Å². The third-order valence-electron chi connectivity index (χ3n) is 6.87. The van der Waals surface area contributed by atoms with Gasteiger partial charge in [0.15, 0.2) is 11.8 Å². The van der Waals surface area contributed by atoms with Crippen LogP contribution >= 0.6 is 11.6 Å². The van der Waals surface area contributed by atoms with Crippen LogP contribution in [-0.2, 0) is 23.4 Å². The zero-order valence-corrected chi connectivity index (χ0v) is 19.6. The van der Waals surface area contributed by atoms with Crippen LogP contribution in [0.5, 0.6) is 5.75 Å². The van der Waals surface area contributed by atoms with Crippen molar-refractivity contribution in [3.05, 3.63) is 81.6 Å². The Kier molecular flexibility index (Phi) is 5.61. The summed E-state index contributed by atoms with van der Waals surface area (Å²) in [5.41, 5.74) is 7.21. The Morgan fingerprint density at radius 3 is 2.79 bits per heavy atom. The van der Waals surface area contributed by atoms with Crippen LogP contribution in [0, 0.1) is 18.7 Å². The van der Waals surface area contributed by atoms with Gasteiger partial charge >= 0.3 is 0 Å². The highest BCUT2D eigenvalue weighted by Crippen LogP contribution is 2.53. The number of carbonyl (C=O) groups excluding carboxylic acids is 1. The molecular weight excluding hydrogens is 462 g/mol. The minimum atomic E-state index is -1.70. The molecule has 1 aromatic heterocycles. The number of nitrogens with one attached hydrogen (secondary N) is 1. The zero-order chi connectivity index (χ0) is 24.2. The predicted octanol–water partition coefficient (Wildman–Crippen LogP) is 3.94. The fourth-order valence-corrected chi connectivity index (χ4v) is 5.73. The molecule has 0 spiro atoms. The molecule has 1 amide bonds. The van der Waals surface area contributed by atoms with E-state index in [0.29, 0.717) is 24.2 Å². The maximum absolute atomic E-state index is 16.1. The van der Waals surface area contributed by atoms with Crippen molar-refractivity contribution in [1.82, 2.24) is 14.9 Å². The Labute approximate surface area is 201 Å². The van der Waals surface area contributed by atoms with E-state index in [-0.39, 0.29) is 28.7 Å². The highest BCUT2D eigenvalue weighted by Gasteiger charge is 2.49. The van der Waals surface area contributed by atoms with Gasteiger partial charge in [-0.2, -0.15) is 0 Å². The maximum atomic E-state index is 16.1. The highest BCUT2D eigenvalue weighted by molar-refractivity contribution is 6.31. The molecule has 2 aliphatic heterocycles. The summed E-state index contributed by atoms with van der Waals surface area (Å²) in [5, 5.41) is 2.93. The first kappa shape index (κ1) is 22.8. The second-order valence-electron chi connectivity index (χ2n) is 9.06. The summed E-state index contributed by atoms with van der Waals surface area (Å²) in [5.74, 6) is -2.97. The van der Waals surface area contributed by atoms with Gasteiger partial charge in [-0.25, -0.2) is 13.8 Å². The predicted molar refractivity (Wildman–Crippen MR) is 124 cm³/mol. The van der Waals surface area contributed by atoms with E-state index in [9.17, 15) is 4.79 Å². The molecule has 5 rings (SSSR count). The smallest absolute Gasteiger partial charge is 0.223 e. The summed E-state index contributed by atoms with van der Waals surface area (Å²) in [6, 6.07) is 10.8. The standard InChI is InChI=1S/C25H25ClF2N4O2/c1-13-10-32-11-16(23(29)33)20(22(28)24(32)31-13)19-15-9-25(12-30-2,14-6-4-3-5-7-14)34-18(15)8-17(27)21(19)26/h3-8,10,16,20,22,30H,9,11-12H2,1-2H3,(H2,29,33)/t16?,20?,22?,25-/m1/s1. The van der Waals surface area contributed by atoms with Gasteiger partial charge in [-0.05, 0) is 25.1 Å². The van der Waals surface area contributed by atoms with Gasteiger partial charge in [0.2, 0.25) is 5.91 Å². The first-order chi connectivity index (χ1) is 16.3. The number of nitrogens with zero attached hydrogens (tertiary/aromatic N) is 2. The number of primary amides is 1. The highest BCUT2D eigenvalue weighted by atomic mass is 35.5. The van der Waals surface area contributed by atoms with Crippen LogP contribution in [0.1, 0.15) is 40.3 Å². The molecule has 0 saturated heterocycles. The van der Waals surface area contributed by atoms with Crippen LogP contribution in [0.25, 0.3) is 0 Å². The number of hydrogen-bond acceptors (Lipinski definition) is 4. The number of fused-ring (bicyclic) bond motifs is 2. The molecular formula is C25H25ClF2N4O2. The van der Waals surface area contributed by atoms with Crippen LogP contribution in [-0.4, -0.2) is 29.1 Å². The number of amides is 1. The maximum Gasteiger partial charge on any atom is 0.223 e. The molecule has 6 nitrogen and oxygen atoms in total. The topological polar surface area (TPSA) is 82.2 Å². The van der Waals surface area contributed by atoms with E-state index >= 15 is 8.78 Å². The fourth-order valence-electron chi connectivity index (χ4n) is 5.44. The van der Waals surface area contributed by atoms with E-state index in [1.165, 1.54) is 6.07 Å². The SMILES string of the molecule is CNC[C@@]1(c2ccccc2)Cc2c(cc(F)c(Cl)c2C2C(C(N)=O)Cn3cc(C)nc3C2F)O1. The molecule has 4 atom stereocenters. The lowest BCUT2D eigenvalue weighted by molar-refractivity contribution is -0.124. The molecule has 0 bridgehead atoms. The average molecular weight is 487 g/mol. The van der Waals surface area contributed by atoms with E-state index in [1.54, 1.807) is 24.7 Å². The van der Waals surface area contributed by atoms with Crippen molar-refractivity contribution in [2.24, 2.45) is 11.7 Å². The van der Waals surface area contributed by atoms with Crippen molar-refractivity contribution in [1.29, 1.82) is 0 Å². The number of aromatic nitrogens is 2. The number of halogens is 3. The normalized spacial score (nSPS) is 25.5. The van der Waals surface area contributed by atoms with Crippen molar-refractivity contribution >= 4 is 17.5 Å². The lowest BCUT2D eigenvalue weighted by atomic mass is 9.76. The minimum Gasteiger partial charge on any atom is -0.480 e. The fraction of sp³-hybridized carbons (Fsp3) is 0.360. The molecule has 0 fully saturated rings. The molecule has 34 heavy (non-hydrogen) atoms. The average Bonchev–Trinajstić information content (AvgIpc) is 3.36. The number of aryl methyl sites for hydroxylation is 1. The van der Waals surface area contributed by atoms with Crippen LogP contribution in [0.15, 0.2) is 42.6 Å². The van der Waals surface area contributed by atoms with E-state index in [4.69, 9.17) is 22.1 Å². The number of carbonyl (C=O) groups is 1. The number of ether oxygens (including phenoxy) is 1. The van der Waals surface area contributed by atoms with Gasteiger partial charge in [0.05, 0.1) is 16.6 Å². The lowest BCUT2D eigenvalue weighted by Gasteiger charge is -2.35. The number of nitrogens with two attached hydrogens (primary N) is 1. The Balaban J connectivity index is 1.69. The zero-order valence-electron chi connectivity index (χ0n) is 18.8. The third kappa shape index (κ3) is 3.47. The summed E-state index contributed by atoms with van der Waals surface area (Å²) in [4.78, 5) is 16.8. The van der Waals surface area contributed by atoms with Crippen molar-refractivity contribution in [2.75, 3.05) is 13.6 Å². The lowest BCUT2D eigenvalue weighted by Crippen LogP contribution is -2.41. The number of likely N-dealkylation sites (N-methyl/N-ethyl adjacent to an activating group) is 1. The molecule has 3 N–H and O–H groups in total. The van der Waals surface area contributed by atoms with Gasteiger partial charge in [0.1, 0.15) is 17.4 Å². The molecule has 2 aromatic carbocycles. The number of rotatable bonds is 5. The summed E-state index contributed by atoms with van der Waals surface area (Å²) >= 11 is 6.50. The molecule has 3 heterocycles. The van der Waals surface area contributed by atoms with E-state index in [0.717, 1.165) is 5.56 Å². The first-order valence-corrected chi connectivity index (χ1v) is 11.5. The Bertz CT molecular complexity index is 1270. The van der Waals surface area contributed by atoms with Crippen LogP contribution in [0.4, 0.5) is 8.78 Å². The second-order valence-corrected chi connectivity index (χ2v) is 9.44. The van der Waals surface area contributed by atoms with Crippen LogP contribution in [0.2, 0.25) is 5.02 Å². The second kappa shape index (κ2) is 8.36. The number of imidazole rings is 1. The van der Waals surface area contributed by atoms with Crippen molar-refractivity contribution in [3.63, 3.8) is 0 Å². The number of benzene rings is 2. The van der Waals surface area contributed by atoms with Gasteiger partial charge < -0.3 is 20.4 Å². The Morgan fingerprint density at radius 2 is 2.12 bits per heavy atom. The summed E-state index contributed by atoms with van der Waals surface area (Å²) in [7, 11) is 1.80. The van der Waals surface area contributed by atoms with Crippen molar-refractivity contribution in [3.8, 4) is 5.75 Å². The van der Waals surface area contributed by atoms with Gasteiger partial charge in [-0.1, -0.05) is 41.9 Å². The molecule has 3 aromatic rings. The summed E-state index contributed by atoms with van der Waals surface area (Å²) < 4.78 is 39.1. The molecule has 0 saturated carbocycles. The number of hydrogen-bond donors (Lipinski definition) is 2. The summed E-state index contributed by atoms with van der Waals surface area (Å²) in [6.07, 6.45) is 0.312. The van der Waals surface area contributed by atoms with Crippen LogP contribution < -0.4 is 15.8 Å². The summed E-state index contributed by atoms with van der Waals surface area (Å²) in [6.45, 7) is 2.31. The third-order valence-corrected chi connectivity index (χ3v) is 7.26. The number of alkyl halides is 1. The van der Waals surface area contributed by atoms with Crippen molar-refractivity contribution < 1.29 is 18.3 Å². The van der Waals surface area contributed by atoms with Gasteiger partial charge in [-0.3, -0.25) is 4.79 Å². The molecule has 9 heteroatoms. The quantitative estimate of drug-likeness (QED) is 0.572. The first-order valence-electron chi connectivity index (χ1n) is 11.1.